The number of nitrogens with one attached hydrogen (secondary N) is 2. The minimum absolute atomic E-state index is 0.0440. The number of halogens is 3. The third-order valence-corrected chi connectivity index (χ3v) is 4.90. The predicted octanol–water partition coefficient (Wildman–Crippen LogP) is 2.27. The molecular weight excluding hydrogens is 383 g/mol. The van der Waals surface area contributed by atoms with Crippen molar-refractivity contribution < 1.29 is 27.9 Å². The van der Waals surface area contributed by atoms with E-state index in [4.69, 9.17) is 0 Å². The summed E-state index contributed by atoms with van der Waals surface area (Å²) in [5.41, 5.74) is -2.01. The van der Waals surface area contributed by atoms with E-state index in [2.05, 4.69) is 15.6 Å². The van der Waals surface area contributed by atoms with E-state index in [-0.39, 0.29) is 12.5 Å². The molecule has 0 saturated heterocycles. The molecule has 0 radical (unpaired) electrons. The fourth-order valence-corrected chi connectivity index (χ4v) is 3.17. The zero-order chi connectivity index (χ0) is 20.2. The van der Waals surface area contributed by atoms with Crippen LogP contribution < -0.4 is 10.6 Å². The topological polar surface area (TPSA) is 91.3 Å². The zero-order valence-corrected chi connectivity index (χ0v) is 15.4. The van der Waals surface area contributed by atoms with Gasteiger partial charge in [0.25, 0.3) is 5.91 Å². The number of benzene rings is 1. The molecule has 0 spiro atoms. The Hall–Kier alpha value is -2.46. The van der Waals surface area contributed by atoms with E-state index in [0.29, 0.717) is 28.2 Å². The molecule has 2 aromatic rings. The molecule has 27 heavy (non-hydrogen) atoms. The number of carbonyl (C=O) groups excluding carboxylic acids is 2. The van der Waals surface area contributed by atoms with Gasteiger partial charge in [0.05, 0.1) is 6.42 Å². The van der Waals surface area contributed by atoms with E-state index in [1.54, 1.807) is 12.1 Å². The molecule has 0 aliphatic rings. The number of amides is 2. The number of hydrogen-bond acceptors (Lipinski definition) is 5. The summed E-state index contributed by atoms with van der Waals surface area (Å²) in [6, 6.07) is 6.21. The van der Waals surface area contributed by atoms with E-state index >= 15 is 0 Å². The summed E-state index contributed by atoms with van der Waals surface area (Å²) < 4.78 is 40.1. The van der Waals surface area contributed by atoms with Gasteiger partial charge in [-0.25, -0.2) is 4.98 Å². The summed E-state index contributed by atoms with van der Waals surface area (Å²) >= 11 is 0.647. The van der Waals surface area contributed by atoms with Crippen molar-refractivity contribution in [3.05, 3.63) is 51.5 Å². The van der Waals surface area contributed by atoms with Gasteiger partial charge in [-0.2, -0.15) is 13.2 Å². The van der Waals surface area contributed by atoms with Gasteiger partial charge in [0.15, 0.2) is 0 Å². The summed E-state index contributed by atoms with van der Waals surface area (Å²) in [7, 11) is 1.49. The molecule has 0 aliphatic carbocycles. The molecule has 0 bridgehead atoms. The average molecular weight is 401 g/mol. The lowest BCUT2D eigenvalue weighted by Gasteiger charge is -2.27. The van der Waals surface area contributed by atoms with Crippen LogP contribution in [0.1, 0.15) is 33.0 Å². The van der Waals surface area contributed by atoms with Crippen LogP contribution in [0.25, 0.3) is 0 Å². The van der Waals surface area contributed by atoms with E-state index in [1.165, 1.54) is 31.5 Å². The first-order valence-electron chi connectivity index (χ1n) is 7.86. The van der Waals surface area contributed by atoms with Gasteiger partial charge < -0.3 is 15.7 Å². The van der Waals surface area contributed by atoms with Gasteiger partial charge in [-0.3, -0.25) is 9.59 Å². The molecule has 2 amide bonds. The van der Waals surface area contributed by atoms with Gasteiger partial charge >= 0.3 is 6.18 Å². The van der Waals surface area contributed by atoms with Crippen molar-refractivity contribution in [3.8, 4) is 0 Å². The first-order chi connectivity index (χ1) is 12.6. The minimum atomic E-state index is -5.05. The highest BCUT2D eigenvalue weighted by Crippen LogP contribution is 2.42. The number of thiazole rings is 1. The number of carbonyl (C=O) groups is 2. The summed E-state index contributed by atoms with van der Waals surface area (Å²) in [5.74, 6) is -1.25. The number of aryl methyl sites for hydroxylation is 1. The van der Waals surface area contributed by atoms with Crippen LogP contribution in [0.5, 0.6) is 0 Å². The highest BCUT2D eigenvalue weighted by molar-refractivity contribution is 7.09. The second-order valence-electron chi connectivity index (χ2n) is 5.88. The second-order valence-corrected chi connectivity index (χ2v) is 6.74. The highest BCUT2D eigenvalue weighted by Gasteiger charge is 2.58. The maximum Gasteiger partial charge on any atom is 0.424 e. The molecule has 146 valence electrons. The largest absolute Gasteiger partial charge is 0.424 e. The Morgan fingerprint density at radius 1 is 1.22 bits per heavy atom. The fraction of sp³-hybridized carbons (Fsp3) is 0.353. The molecule has 3 N–H and O–H groups in total. The quantitative estimate of drug-likeness (QED) is 0.693. The standard InChI is InChI=1S/C17H18F3N3O3S/c1-10-9-27-15(23-10)16(26,17(18,19)20)7-13(24)22-8-11-3-5-12(6-4-11)14(25)21-2/h3-6,9,26H,7-8H2,1-2H3,(H,21,25)(H,22,24). The number of hydrogen-bond donors (Lipinski definition) is 3. The van der Waals surface area contributed by atoms with Gasteiger partial charge in [-0.15, -0.1) is 11.3 Å². The Balaban J connectivity index is 2.05. The van der Waals surface area contributed by atoms with Crippen molar-refractivity contribution in [2.24, 2.45) is 0 Å². The van der Waals surface area contributed by atoms with Crippen molar-refractivity contribution in [1.82, 2.24) is 15.6 Å². The number of aromatic nitrogens is 1. The normalized spacial score (nSPS) is 13.7. The van der Waals surface area contributed by atoms with Gasteiger partial charge in [0, 0.05) is 30.2 Å². The van der Waals surface area contributed by atoms with Crippen LogP contribution >= 0.6 is 11.3 Å². The second kappa shape index (κ2) is 8.05. The molecule has 0 saturated carbocycles. The summed E-state index contributed by atoms with van der Waals surface area (Å²) in [5, 5.41) is 15.7. The van der Waals surface area contributed by atoms with Crippen LogP contribution in [0.3, 0.4) is 0 Å². The van der Waals surface area contributed by atoms with Gasteiger partial charge in [0.1, 0.15) is 5.01 Å². The number of rotatable bonds is 6. The van der Waals surface area contributed by atoms with Gasteiger partial charge in [-0.05, 0) is 24.6 Å². The summed E-state index contributed by atoms with van der Waals surface area (Å²) in [6.45, 7) is 1.46. The fourth-order valence-electron chi connectivity index (χ4n) is 2.25. The first-order valence-corrected chi connectivity index (χ1v) is 8.74. The van der Waals surface area contributed by atoms with Crippen LogP contribution in [0, 0.1) is 6.92 Å². The Labute approximate surface area is 157 Å². The van der Waals surface area contributed by atoms with E-state index < -0.39 is 29.1 Å². The monoisotopic (exact) mass is 401 g/mol. The number of nitrogens with zero attached hydrogens (tertiary/aromatic N) is 1. The van der Waals surface area contributed by atoms with Crippen molar-refractivity contribution >= 4 is 23.2 Å². The first kappa shape index (κ1) is 20.8. The molecule has 1 aromatic carbocycles. The van der Waals surface area contributed by atoms with E-state index in [1.807, 2.05) is 0 Å². The Kier molecular flexibility index (Phi) is 6.22. The molecule has 2 rings (SSSR count). The van der Waals surface area contributed by atoms with Crippen molar-refractivity contribution in [2.75, 3.05) is 7.05 Å². The summed E-state index contributed by atoms with van der Waals surface area (Å²) in [4.78, 5) is 27.2. The van der Waals surface area contributed by atoms with Gasteiger partial charge in [-0.1, -0.05) is 12.1 Å². The van der Waals surface area contributed by atoms with Crippen LogP contribution in [-0.4, -0.2) is 35.1 Å². The highest BCUT2D eigenvalue weighted by atomic mass is 32.1. The lowest BCUT2D eigenvalue weighted by molar-refractivity contribution is -0.267. The van der Waals surface area contributed by atoms with Crippen LogP contribution in [0.15, 0.2) is 29.6 Å². The molecule has 0 fully saturated rings. The maximum absolute atomic E-state index is 13.4. The summed E-state index contributed by atoms with van der Waals surface area (Å²) in [6.07, 6.45) is -6.25. The molecule has 6 nitrogen and oxygen atoms in total. The Bertz CT molecular complexity index is 821. The minimum Gasteiger partial charge on any atom is -0.374 e. The van der Waals surface area contributed by atoms with E-state index in [9.17, 15) is 27.9 Å². The molecule has 10 heteroatoms. The molecule has 1 unspecified atom stereocenters. The van der Waals surface area contributed by atoms with Crippen molar-refractivity contribution in [2.45, 2.75) is 31.7 Å². The van der Waals surface area contributed by atoms with Crippen molar-refractivity contribution in [3.63, 3.8) is 0 Å². The van der Waals surface area contributed by atoms with Crippen LogP contribution in [0.2, 0.25) is 0 Å². The Morgan fingerprint density at radius 2 is 1.85 bits per heavy atom. The molecule has 1 heterocycles. The number of aliphatic hydroxyl groups is 1. The SMILES string of the molecule is CNC(=O)c1ccc(CNC(=O)CC(O)(c2nc(C)cs2)C(F)(F)F)cc1. The number of alkyl halides is 3. The smallest absolute Gasteiger partial charge is 0.374 e. The zero-order valence-electron chi connectivity index (χ0n) is 14.6. The van der Waals surface area contributed by atoms with Crippen LogP contribution in [-0.2, 0) is 16.9 Å². The molecule has 0 aliphatic heterocycles. The molecule has 1 aromatic heterocycles. The maximum atomic E-state index is 13.4. The average Bonchev–Trinajstić information content (AvgIpc) is 3.05. The molecule has 1 atom stereocenters. The Morgan fingerprint density at radius 3 is 2.33 bits per heavy atom. The van der Waals surface area contributed by atoms with Gasteiger partial charge in [0.2, 0.25) is 11.5 Å². The lowest BCUT2D eigenvalue weighted by Crippen LogP contribution is -2.46. The van der Waals surface area contributed by atoms with Crippen LogP contribution in [0.4, 0.5) is 13.2 Å². The molecular formula is C17H18F3N3O3S. The third-order valence-electron chi connectivity index (χ3n) is 3.79. The predicted molar refractivity (Wildman–Crippen MR) is 93.1 cm³/mol. The lowest BCUT2D eigenvalue weighted by atomic mass is 9.99. The van der Waals surface area contributed by atoms with Crippen molar-refractivity contribution in [1.29, 1.82) is 0 Å². The third kappa shape index (κ3) is 4.83. The van der Waals surface area contributed by atoms with E-state index in [0.717, 1.165) is 0 Å².